The Morgan fingerprint density at radius 2 is 1.37 bits per heavy atom. The zero-order valence-electron chi connectivity index (χ0n) is 23.0. The molecule has 0 bridgehead atoms. The van der Waals surface area contributed by atoms with E-state index in [1.165, 1.54) is 50.1 Å². The summed E-state index contributed by atoms with van der Waals surface area (Å²) in [5.41, 5.74) is 12.6. The molecule has 0 spiro atoms. The van der Waals surface area contributed by atoms with Gasteiger partial charge in [-0.2, -0.15) is 0 Å². The van der Waals surface area contributed by atoms with Crippen molar-refractivity contribution in [2.24, 2.45) is 5.41 Å². The smallest absolute Gasteiger partial charge is 1.00 e. The number of allylic oxidation sites excluding steroid dienone is 4. The third-order valence-corrected chi connectivity index (χ3v) is 16.0. The van der Waals surface area contributed by atoms with E-state index in [2.05, 4.69) is 121 Å². The van der Waals surface area contributed by atoms with Crippen molar-refractivity contribution in [1.82, 2.24) is 0 Å². The molecule has 2 aliphatic rings. The van der Waals surface area contributed by atoms with Gasteiger partial charge in [-0.05, 0) is 0 Å². The Labute approximate surface area is 249 Å². The van der Waals surface area contributed by atoms with Crippen molar-refractivity contribution in [2.45, 2.75) is 44.7 Å². The number of fused-ring (bicyclic) bond motifs is 3. The van der Waals surface area contributed by atoms with Crippen LogP contribution in [-0.4, -0.2) is 3.21 Å². The Morgan fingerprint density at radius 3 is 1.82 bits per heavy atom. The van der Waals surface area contributed by atoms with Crippen molar-refractivity contribution in [3.05, 3.63) is 128 Å². The second kappa shape index (κ2) is 12.0. The van der Waals surface area contributed by atoms with E-state index in [0.29, 0.717) is 3.63 Å². The molecule has 0 unspecified atom stereocenters. The molecular formula is C35H36Cl2Zr. The fraction of sp³-hybridized carbons (Fsp3) is 0.229. The van der Waals surface area contributed by atoms with Crippen LogP contribution in [0.4, 0.5) is 0 Å². The number of aryl methyl sites for hydroxylation is 1. The maximum atomic E-state index is 4.05. The first kappa shape index (κ1) is 30.5. The monoisotopic (exact) mass is 616 g/mol. The zero-order valence-corrected chi connectivity index (χ0v) is 27.0. The van der Waals surface area contributed by atoms with Gasteiger partial charge in [0, 0.05) is 0 Å². The van der Waals surface area contributed by atoms with Crippen molar-refractivity contribution in [3.8, 4) is 11.1 Å². The van der Waals surface area contributed by atoms with Gasteiger partial charge >= 0.3 is 226 Å². The standard InChI is InChI=1S/C17H13.C9H13.C9H10.2ClH.Zr/c1-3-12-5-7-14-11-15-8-6-13(4-2)10-17(15)16(14)9-12;1-9(2,3)8-6-4-5-7-8;1-3-9-6-4-8(2)5-7-9;;;/h3-11H,1-2H2;6-7H,4H2,1-3H3;4-7H,1-2H3;2*1H;/q;;;;;+2/p-2. The molecule has 0 aliphatic heterocycles. The van der Waals surface area contributed by atoms with Gasteiger partial charge in [-0.25, -0.2) is 0 Å². The minimum atomic E-state index is -2.43. The Balaban J connectivity index is 0.00000200. The van der Waals surface area contributed by atoms with Crippen LogP contribution in [0, 0.1) is 12.3 Å². The second-order valence-electron chi connectivity index (χ2n) is 11.2. The summed E-state index contributed by atoms with van der Waals surface area (Å²) < 4.78 is 3.82. The Bertz CT molecular complexity index is 1420. The summed E-state index contributed by atoms with van der Waals surface area (Å²) in [5.74, 6) is 0. The Morgan fingerprint density at radius 1 is 0.842 bits per heavy atom. The molecule has 0 N–H and O–H groups in total. The largest absolute Gasteiger partial charge is 1.00 e. The molecule has 0 saturated carbocycles. The molecule has 0 fully saturated rings. The van der Waals surface area contributed by atoms with Crippen LogP contribution in [0.2, 0.25) is 0 Å². The van der Waals surface area contributed by atoms with Gasteiger partial charge in [0.25, 0.3) is 0 Å². The summed E-state index contributed by atoms with van der Waals surface area (Å²) in [4.78, 5) is 0. The van der Waals surface area contributed by atoms with E-state index in [9.17, 15) is 0 Å². The summed E-state index contributed by atoms with van der Waals surface area (Å²) in [6, 6.07) is 23.2. The van der Waals surface area contributed by atoms with Gasteiger partial charge in [0.1, 0.15) is 0 Å². The average Bonchev–Trinajstić information content (AvgIpc) is 3.48. The molecule has 0 nitrogen and oxygen atoms in total. The van der Waals surface area contributed by atoms with Crippen LogP contribution in [0.3, 0.4) is 0 Å². The van der Waals surface area contributed by atoms with Crippen LogP contribution >= 0.6 is 0 Å². The molecule has 3 heteroatoms. The Kier molecular flexibility index (Phi) is 9.63. The maximum absolute atomic E-state index is 4.05. The molecule has 38 heavy (non-hydrogen) atoms. The second-order valence-corrected chi connectivity index (χ2v) is 18.1. The van der Waals surface area contributed by atoms with Crippen LogP contribution in [0.15, 0.2) is 94.8 Å². The van der Waals surface area contributed by atoms with E-state index < -0.39 is 21.3 Å². The van der Waals surface area contributed by atoms with Crippen molar-refractivity contribution in [2.75, 3.05) is 0 Å². The van der Waals surface area contributed by atoms with Gasteiger partial charge in [0.2, 0.25) is 0 Å². The van der Waals surface area contributed by atoms with Gasteiger partial charge in [0.15, 0.2) is 0 Å². The van der Waals surface area contributed by atoms with Crippen LogP contribution in [0.1, 0.15) is 71.1 Å². The van der Waals surface area contributed by atoms with Gasteiger partial charge in [-0.15, -0.1) is 0 Å². The molecule has 5 rings (SSSR count). The third kappa shape index (κ3) is 5.63. The molecule has 0 atom stereocenters. The van der Waals surface area contributed by atoms with Crippen LogP contribution in [0.5, 0.6) is 0 Å². The van der Waals surface area contributed by atoms with Crippen molar-refractivity contribution >= 4 is 15.4 Å². The topological polar surface area (TPSA) is 0 Å². The number of hydrogen-bond acceptors (Lipinski definition) is 0. The maximum Gasteiger partial charge on any atom is -1.00 e. The van der Waals surface area contributed by atoms with Crippen molar-refractivity contribution < 1.29 is 46.1 Å². The van der Waals surface area contributed by atoms with E-state index in [1.807, 2.05) is 12.2 Å². The van der Waals surface area contributed by atoms with Crippen LogP contribution < -0.4 is 24.8 Å². The zero-order chi connectivity index (χ0) is 25.6. The van der Waals surface area contributed by atoms with E-state index >= 15 is 0 Å². The van der Waals surface area contributed by atoms with Crippen molar-refractivity contribution in [3.63, 3.8) is 0 Å². The molecule has 194 valence electrons. The minimum Gasteiger partial charge on any atom is -1.00 e. The minimum absolute atomic E-state index is 0. The molecule has 0 amide bonds. The number of halogens is 2. The molecule has 2 aliphatic carbocycles. The summed E-state index contributed by atoms with van der Waals surface area (Å²) in [6.45, 7) is 19.7. The molecule has 0 heterocycles. The normalized spacial score (nSPS) is 14.3. The van der Waals surface area contributed by atoms with Gasteiger partial charge in [-0.1, -0.05) is 0 Å². The van der Waals surface area contributed by atoms with Gasteiger partial charge in [-0.3, -0.25) is 0 Å². The predicted octanol–water partition coefficient (Wildman–Crippen LogP) is 3.48. The first-order valence-corrected chi connectivity index (χ1v) is 16.8. The molecule has 3 aromatic rings. The fourth-order valence-electron chi connectivity index (χ4n) is 5.69. The Hall–Kier alpha value is -2.05. The first-order valence-electron chi connectivity index (χ1n) is 12.9. The summed E-state index contributed by atoms with van der Waals surface area (Å²) in [7, 11) is 0. The summed E-state index contributed by atoms with van der Waals surface area (Å²) in [5, 5.41) is 0. The first-order chi connectivity index (χ1) is 17.2. The molecule has 3 aromatic carbocycles. The predicted molar refractivity (Wildman–Crippen MR) is 155 cm³/mol. The molecular weight excluding hydrogens is 583 g/mol. The molecule has 0 radical (unpaired) electrons. The van der Waals surface area contributed by atoms with E-state index in [1.54, 1.807) is 6.49 Å². The SMILES string of the molecule is C=Cc1ccc2c(c1)-c1cc(C=C)ccc1[CH]2/[Zr+2]([C]1=CC(C(C)(C)C)=CC1)=[C](\C)c1ccc(C)cc1.[Cl-].[Cl-]. The third-order valence-electron chi connectivity index (χ3n) is 7.80. The van der Waals surface area contributed by atoms with Gasteiger partial charge in [0.05, 0.1) is 0 Å². The van der Waals surface area contributed by atoms with E-state index in [4.69, 9.17) is 0 Å². The van der Waals surface area contributed by atoms with Gasteiger partial charge < -0.3 is 24.8 Å². The number of rotatable bonds is 5. The quantitative estimate of drug-likeness (QED) is 0.411. The van der Waals surface area contributed by atoms with Crippen LogP contribution in [-0.2, 0) is 21.3 Å². The average molecular weight is 619 g/mol. The summed E-state index contributed by atoms with van der Waals surface area (Å²) in [6.07, 6.45) is 10.1. The van der Waals surface area contributed by atoms with E-state index in [-0.39, 0.29) is 30.2 Å². The van der Waals surface area contributed by atoms with Crippen LogP contribution in [0.25, 0.3) is 23.3 Å². The fourth-order valence-corrected chi connectivity index (χ4v) is 14.3. The molecule has 0 saturated heterocycles. The van der Waals surface area contributed by atoms with E-state index in [0.717, 1.165) is 6.42 Å². The van der Waals surface area contributed by atoms with Crippen molar-refractivity contribution in [1.29, 1.82) is 0 Å². The number of benzene rings is 3. The number of hydrogen-bond donors (Lipinski definition) is 0. The molecule has 0 aromatic heterocycles. The summed E-state index contributed by atoms with van der Waals surface area (Å²) >= 11 is -2.43.